The molecule has 0 saturated heterocycles. The molecule has 0 amide bonds. The van der Waals surface area contributed by atoms with E-state index >= 15 is 0 Å². The van der Waals surface area contributed by atoms with Crippen LogP contribution < -0.4 is 4.74 Å². The maximum Gasteiger partial charge on any atom is 0.308 e. The van der Waals surface area contributed by atoms with Crippen LogP contribution in [0.15, 0.2) is 95.4 Å². The summed E-state index contributed by atoms with van der Waals surface area (Å²) >= 11 is 0. The van der Waals surface area contributed by atoms with Crippen molar-refractivity contribution in [3.05, 3.63) is 102 Å². The van der Waals surface area contributed by atoms with Gasteiger partial charge in [-0.2, -0.15) is 0 Å². The van der Waals surface area contributed by atoms with Gasteiger partial charge in [-0.25, -0.2) is 4.98 Å². The van der Waals surface area contributed by atoms with Gasteiger partial charge in [0.2, 0.25) is 5.89 Å². The number of benzene rings is 3. The zero-order chi connectivity index (χ0) is 23.5. The number of aliphatic hydroxyl groups is 1. The van der Waals surface area contributed by atoms with E-state index in [1.165, 1.54) is 6.92 Å². The lowest BCUT2D eigenvalue weighted by Crippen LogP contribution is -2.30. The van der Waals surface area contributed by atoms with E-state index in [2.05, 4.69) is 0 Å². The van der Waals surface area contributed by atoms with Crippen LogP contribution in [0.4, 0.5) is 0 Å². The van der Waals surface area contributed by atoms with Crippen molar-refractivity contribution in [1.82, 2.24) is 4.98 Å². The highest BCUT2D eigenvalue weighted by atomic mass is 16.5. The SMILES string of the molecule is CC(=O)Oc1cccc(CC2(O)CCC=C2c2nc(-c3ccccc3)c(-c3ccccc3)o2)c1. The minimum atomic E-state index is -1.14. The third kappa shape index (κ3) is 4.43. The highest BCUT2D eigenvalue weighted by molar-refractivity contribution is 5.80. The first-order valence-electron chi connectivity index (χ1n) is 11.3. The second-order valence-electron chi connectivity index (χ2n) is 8.53. The van der Waals surface area contributed by atoms with Crippen molar-refractivity contribution >= 4 is 11.5 Å². The van der Waals surface area contributed by atoms with Gasteiger partial charge in [-0.05, 0) is 30.5 Å². The topological polar surface area (TPSA) is 72.6 Å². The molecule has 0 spiro atoms. The summed E-state index contributed by atoms with van der Waals surface area (Å²) in [5.74, 6) is 1.19. The summed E-state index contributed by atoms with van der Waals surface area (Å²) in [6.45, 7) is 1.37. The summed E-state index contributed by atoms with van der Waals surface area (Å²) < 4.78 is 11.6. The average molecular weight is 452 g/mol. The normalized spacial score (nSPS) is 17.4. The van der Waals surface area contributed by atoms with E-state index in [0.717, 1.165) is 28.8 Å². The summed E-state index contributed by atoms with van der Waals surface area (Å²) in [4.78, 5) is 16.2. The molecule has 1 aliphatic carbocycles. The Morgan fingerprint density at radius 1 is 1.00 bits per heavy atom. The van der Waals surface area contributed by atoms with Crippen LogP contribution in [0.1, 0.15) is 31.2 Å². The van der Waals surface area contributed by atoms with E-state index in [1.54, 1.807) is 12.1 Å². The molecular weight excluding hydrogens is 426 g/mol. The van der Waals surface area contributed by atoms with Gasteiger partial charge in [-0.1, -0.05) is 78.9 Å². The number of carbonyl (C=O) groups is 1. The van der Waals surface area contributed by atoms with Gasteiger partial charge < -0.3 is 14.3 Å². The lowest BCUT2D eigenvalue weighted by Gasteiger charge is -2.25. The van der Waals surface area contributed by atoms with Crippen LogP contribution in [0.2, 0.25) is 0 Å². The zero-order valence-electron chi connectivity index (χ0n) is 18.9. The monoisotopic (exact) mass is 451 g/mol. The lowest BCUT2D eigenvalue weighted by molar-refractivity contribution is -0.131. The van der Waals surface area contributed by atoms with Gasteiger partial charge in [0.15, 0.2) is 5.76 Å². The van der Waals surface area contributed by atoms with E-state index in [-0.39, 0.29) is 5.97 Å². The van der Waals surface area contributed by atoms with Gasteiger partial charge in [0, 0.05) is 30.0 Å². The van der Waals surface area contributed by atoms with Crippen LogP contribution in [0.25, 0.3) is 28.2 Å². The maximum atomic E-state index is 11.7. The Balaban J connectivity index is 1.52. The Morgan fingerprint density at radius 3 is 2.41 bits per heavy atom. The van der Waals surface area contributed by atoms with Crippen LogP contribution in [0.3, 0.4) is 0 Å². The van der Waals surface area contributed by atoms with Gasteiger partial charge in [0.05, 0.1) is 5.60 Å². The number of oxazole rings is 1. The van der Waals surface area contributed by atoms with Crippen LogP contribution >= 0.6 is 0 Å². The molecule has 0 saturated carbocycles. The highest BCUT2D eigenvalue weighted by Gasteiger charge is 2.39. The van der Waals surface area contributed by atoms with Crippen LogP contribution in [0, 0.1) is 0 Å². The van der Waals surface area contributed by atoms with Crippen molar-refractivity contribution < 1.29 is 19.1 Å². The quantitative estimate of drug-likeness (QED) is 0.284. The Kier molecular flexibility index (Phi) is 5.86. The smallest absolute Gasteiger partial charge is 0.308 e. The summed E-state index contributed by atoms with van der Waals surface area (Å²) in [5, 5.41) is 11.7. The molecule has 0 radical (unpaired) electrons. The van der Waals surface area contributed by atoms with Gasteiger partial charge in [0.1, 0.15) is 11.4 Å². The van der Waals surface area contributed by atoms with E-state index in [9.17, 15) is 9.90 Å². The number of aromatic nitrogens is 1. The Hall–Kier alpha value is -3.96. The molecule has 1 heterocycles. The van der Waals surface area contributed by atoms with E-state index < -0.39 is 5.60 Å². The molecule has 3 aromatic carbocycles. The minimum Gasteiger partial charge on any atom is -0.436 e. The van der Waals surface area contributed by atoms with Crippen LogP contribution in [-0.2, 0) is 11.2 Å². The molecular formula is C29H25NO4. The first kappa shape index (κ1) is 21.9. The standard InChI is InChI=1S/C29H25NO4/c1-20(31)33-24-15-8-10-21(18-24)19-29(32)17-9-16-25(29)28-30-26(22-11-4-2-5-12-22)27(34-28)23-13-6-3-7-14-23/h2-8,10-16,18,32H,9,17,19H2,1H3. The Morgan fingerprint density at radius 2 is 1.71 bits per heavy atom. The summed E-state index contributed by atoms with van der Waals surface area (Å²) in [6.07, 6.45) is 3.64. The fraction of sp³-hybridized carbons (Fsp3) is 0.172. The average Bonchev–Trinajstić information content (AvgIpc) is 3.44. The molecule has 1 atom stereocenters. The number of ether oxygens (including phenoxy) is 1. The fourth-order valence-corrected chi connectivity index (χ4v) is 4.48. The third-order valence-corrected chi connectivity index (χ3v) is 6.01. The third-order valence-electron chi connectivity index (χ3n) is 6.01. The Bertz CT molecular complexity index is 1280. The molecule has 1 N–H and O–H groups in total. The number of esters is 1. The molecule has 1 aromatic heterocycles. The first-order valence-corrected chi connectivity index (χ1v) is 11.3. The van der Waals surface area contributed by atoms with Crippen LogP contribution in [0.5, 0.6) is 5.75 Å². The lowest BCUT2D eigenvalue weighted by atomic mass is 9.88. The molecule has 4 aromatic rings. The van der Waals surface area contributed by atoms with Crippen molar-refractivity contribution in [2.75, 3.05) is 0 Å². The van der Waals surface area contributed by atoms with Gasteiger partial charge in [0.25, 0.3) is 0 Å². The van der Waals surface area contributed by atoms with Gasteiger partial charge in [-0.3, -0.25) is 4.79 Å². The van der Waals surface area contributed by atoms with Crippen molar-refractivity contribution in [3.8, 4) is 28.3 Å². The minimum absolute atomic E-state index is 0.359. The number of hydrogen-bond donors (Lipinski definition) is 1. The number of allylic oxidation sites excluding steroid dienone is 1. The molecule has 5 nitrogen and oxygen atoms in total. The molecule has 0 bridgehead atoms. The fourth-order valence-electron chi connectivity index (χ4n) is 4.48. The molecule has 1 aliphatic rings. The molecule has 5 heteroatoms. The Labute approximate surface area is 198 Å². The van der Waals surface area contributed by atoms with E-state index in [0.29, 0.717) is 35.8 Å². The molecule has 5 rings (SSSR count). The van der Waals surface area contributed by atoms with Crippen LogP contribution in [-0.4, -0.2) is 21.7 Å². The molecule has 1 unspecified atom stereocenters. The second kappa shape index (κ2) is 9.12. The van der Waals surface area contributed by atoms with Crippen molar-refractivity contribution in [2.45, 2.75) is 31.8 Å². The number of rotatable bonds is 6. The molecule has 0 aliphatic heterocycles. The van der Waals surface area contributed by atoms with Crippen molar-refractivity contribution in [2.24, 2.45) is 0 Å². The summed E-state index contributed by atoms with van der Waals surface area (Å²) in [5.41, 5.74) is 3.04. The van der Waals surface area contributed by atoms with Crippen molar-refractivity contribution in [1.29, 1.82) is 0 Å². The van der Waals surface area contributed by atoms with E-state index in [4.69, 9.17) is 14.1 Å². The molecule has 34 heavy (non-hydrogen) atoms. The van der Waals surface area contributed by atoms with Gasteiger partial charge in [-0.15, -0.1) is 0 Å². The first-order chi connectivity index (χ1) is 16.5. The zero-order valence-corrected chi connectivity index (χ0v) is 18.9. The number of carbonyl (C=O) groups excluding carboxylic acids is 1. The van der Waals surface area contributed by atoms with E-state index in [1.807, 2.05) is 78.9 Å². The largest absolute Gasteiger partial charge is 0.436 e. The maximum absolute atomic E-state index is 11.7. The predicted molar refractivity (Wildman–Crippen MR) is 131 cm³/mol. The number of hydrogen-bond acceptors (Lipinski definition) is 5. The summed E-state index contributed by atoms with van der Waals surface area (Å²) in [6, 6.07) is 27.1. The summed E-state index contributed by atoms with van der Waals surface area (Å²) in [7, 11) is 0. The predicted octanol–water partition coefficient (Wildman–Crippen LogP) is 6.08. The molecule has 0 fully saturated rings. The second-order valence-corrected chi connectivity index (χ2v) is 8.53. The van der Waals surface area contributed by atoms with Crippen molar-refractivity contribution in [3.63, 3.8) is 0 Å². The van der Waals surface area contributed by atoms with Gasteiger partial charge >= 0.3 is 5.97 Å². The number of nitrogens with zero attached hydrogens (tertiary/aromatic N) is 1. The molecule has 170 valence electrons. The highest BCUT2D eigenvalue weighted by Crippen LogP contribution is 2.43.